The van der Waals surface area contributed by atoms with Crippen molar-refractivity contribution in [3.05, 3.63) is 0 Å². The number of aliphatic carboxylic acids is 1. The van der Waals surface area contributed by atoms with Gasteiger partial charge in [0.15, 0.2) is 0 Å². The van der Waals surface area contributed by atoms with Crippen molar-refractivity contribution in [2.24, 2.45) is 17.3 Å². The maximum Gasteiger partial charge on any atom is 0.308 e. The second kappa shape index (κ2) is 4.52. The van der Waals surface area contributed by atoms with E-state index in [1.165, 1.54) is 0 Å². The molecule has 0 amide bonds. The fourth-order valence-corrected chi connectivity index (χ4v) is 2.35. The lowest BCUT2D eigenvalue weighted by Crippen LogP contribution is -2.50. The fraction of sp³-hybridized carbons (Fsp3) is 0.917. The first kappa shape index (κ1) is 12.5. The zero-order chi connectivity index (χ0) is 11.6. The number of carboxylic acids is 1. The van der Waals surface area contributed by atoms with Gasteiger partial charge in [-0.1, -0.05) is 27.7 Å². The summed E-state index contributed by atoms with van der Waals surface area (Å²) in [6.07, 6.45) is 1.71. The van der Waals surface area contributed by atoms with Crippen molar-refractivity contribution in [3.63, 3.8) is 0 Å². The van der Waals surface area contributed by atoms with Gasteiger partial charge in [-0.25, -0.2) is 0 Å². The first-order chi connectivity index (χ1) is 6.86. The van der Waals surface area contributed by atoms with Crippen molar-refractivity contribution < 1.29 is 9.90 Å². The Bertz CT molecular complexity index is 232. The quantitative estimate of drug-likeness (QED) is 0.738. The molecule has 0 aromatic carbocycles. The van der Waals surface area contributed by atoms with E-state index in [4.69, 9.17) is 0 Å². The van der Waals surface area contributed by atoms with Crippen molar-refractivity contribution in [1.29, 1.82) is 0 Å². The van der Waals surface area contributed by atoms with Gasteiger partial charge in [-0.15, -0.1) is 0 Å². The molecule has 3 nitrogen and oxygen atoms in total. The monoisotopic (exact) mass is 213 g/mol. The van der Waals surface area contributed by atoms with E-state index in [1.807, 2.05) is 6.92 Å². The van der Waals surface area contributed by atoms with Gasteiger partial charge in [-0.2, -0.15) is 0 Å². The Morgan fingerprint density at radius 3 is 2.47 bits per heavy atom. The van der Waals surface area contributed by atoms with Crippen LogP contribution in [-0.4, -0.2) is 23.7 Å². The van der Waals surface area contributed by atoms with Crippen molar-refractivity contribution in [3.8, 4) is 0 Å². The van der Waals surface area contributed by atoms with Gasteiger partial charge in [0.2, 0.25) is 0 Å². The molecule has 2 N–H and O–H groups in total. The van der Waals surface area contributed by atoms with E-state index >= 15 is 0 Å². The molecule has 88 valence electrons. The van der Waals surface area contributed by atoms with Gasteiger partial charge >= 0.3 is 5.97 Å². The topological polar surface area (TPSA) is 49.3 Å². The van der Waals surface area contributed by atoms with E-state index in [1.54, 1.807) is 0 Å². The van der Waals surface area contributed by atoms with Crippen LogP contribution < -0.4 is 5.32 Å². The van der Waals surface area contributed by atoms with Gasteiger partial charge in [-0.3, -0.25) is 4.79 Å². The molecule has 1 rings (SSSR count). The standard InChI is InChI=1S/C12H23NO2/c1-5-10-9(11(14)15)6-8(7-13-10)12(2,3)4/h8-10,13H,5-7H2,1-4H3,(H,14,15). The van der Waals surface area contributed by atoms with E-state index in [0.717, 1.165) is 19.4 Å². The summed E-state index contributed by atoms with van der Waals surface area (Å²) >= 11 is 0. The Labute approximate surface area is 92.3 Å². The van der Waals surface area contributed by atoms with E-state index < -0.39 is 5.97 Å². The lowest BCUT2D eigenvalue weighted by Gasteiger charge is -2.40. The van der Waals surface area contributed by atoms with Crippen LogP contribution in [0.5, 0.6) is 0 Å². The van der Waals surface area contributed by atoms with Crippen molar-refractivity contribution in [2.45, 2.75) is 46.6 Å². The van der Waals surface area contributed by atoms with E-state index in [-0.39, 0.29) is 17.4 Å². The molecule has 0 saturated carbocycles. The minimum atomic E-state index is -0.650. The molecular weight excluding hydrogens is 190 g/mol. The number of carboxylic acid groups (broad SMARTS) is 1. The number of nitrogens with one attached hydrogen (secondary N) is 1. The molecule has 1 fully saturated rings. The predicted molar refractivity (Wildman–Crippen MR) is 60.8 cm³/mol. The molecule has 0 spiro atoms. The lowest BCUT2D eigenvalue weighted by molar-refractivity contribution is -0.145. The van der Waals surface area contributed by atoms with Crippen LogP contribution in [0.15, 0.2) is 0 Å². The summed E-state index contributed by atoms with van der Waals surface area (Å²) < 4.78 is 0. The summed E-state index contributed by atoms with van der Waals surface area (Å²) in [5, 5.41) is 12.6. The molecule has 3 atom stereocenters. The van der Waals surface area contributed by atoms with Crippen LogP contribution in [0, 0.1) is 17.3 Å². The summed E-state index contributed by atoms with van der Waals surface area (Å²) in [6.45, 7) is 9.55. The van der Waals surface area contributed by atoms with Crippen LogP contribution in [0.1, 0.15) is 40.5 Å². The number of piperidine rings is 1. The molecular formula is C12H23NO2. The second-order valence-electron chi connectivity index (χ2n) is 5.67. The third-order valence-corrected chi connectivity index (χ3v) is 3.63. The maximum atomic E-state index is 11.2. The van der Waals surface area contributed by atoms with Gasteiger partial charge in [0.1, 0.15) is 0 Å². The average molecular weight is 213 g/mol. The Hall–Kier alpha value is -0.570. The summed E-state index contributed by atoms with van der Waals surface area (Å²) in [5.41, 5.74) is 0.194. The highest BCUT2D eigenvalue weighted by Crippen LogP contribution is 2.35. The first-order valence-electron chi connectivity index (χ1n) is 5.82. The van der Waals surface area contributed by atoms with Crippen LogP contribution in [-0.2, 0) is 4.79 Å². The molecule has 3 heteroatoms. The van der Waals surface area contributed by atoms with Crippen molar-refractivity contribution in [1.82, 2.24) is 5.32 Å². The predicted octanol–water partition coefficient (Wildman–Crippen LogP) is 2.12. The minimum Gasteiger partial charge on any atom is -0.481 e. The SMILES string of the molecule is CCC1NCC(C(C)(C)C)CC1C(=O)O. The maximum absolute atomic E-state index is 11.2. The van der Waals surface area contributed by atoms with Gasteiger partial charge in [0, 0.05) is 6.04 Å². The molecule has 0 aromatic heterocycles. The van der Waals surface area contributed by atoms with E-state index in [0.29, 0.717) is 5.92 Å². The van der Waals surface area contributed by atoms with Gasteiger partial charge < -0.3 is 10.4 Å². The van der Waals surface area contributed by atoms with Crippen molar-refractivity contribution >= 4 is 5.97 Å². The third-order valence-electron chi connectivity index (χ3n) is 3.63. The van der Waals surface area contributed by atoms with Crippen LogP contribution in [0.2, 0.25) is 0 Å². The summed E-state index contributed by atoms with van der Waals surface area (Å²) in [7, 11) is 0. The molecule has 0 aliphatic carbocycles. The fourth-order valence-electron chi connectivity index (χ4n) is 2.35. The van der Waals surface area contributed by atoms with Gasteiger partial charge in [0.05, 0.1) is 5.92 Å². The zero-order valence-corrected chi connectivity index (χ0v) is 10.2. The van der Waals surface area contributed by atoms with Crippen LogP contribution in [0.3, 0.4) is 0 Å². The van der Waals surface area contributed by atoms with Crippen LogP contribution in [0.25, 0.3) is 0 Å². The number of hydrogen-bond acceptors (Lipinski definition) is 2. The second-order valence-corrected chi connectivity index (χ2v) is 5.67. The smallest absolute Gasteiger partial charge is 0.308 e. The highest BCUT2D eigenvalue weighted by Gasteiger charge is 2.38. The Morgan fingerprint density at radius 1 is 1.47 bits per heavy atom. The molecule has 1 heterocycles. The molecule has 3 unspecified atom stereocenters. The number of hydrogen-bond donors (Lipinski definition) is 2. The number of rotatable bonds is 2. The third kappa shape index (κ3) is 2.94. The number of carbonyl (C=O) groups is 1. The lowest BCUT2D eigenvalue weighted by atomic mass is 9.71. The molecule has 1 saturated heterocycles. The highest BCUT2D eigenvalue weighted by molar-refractivity contribution is 5.71. The average Bonchev–Trinajstić information content (AvgIpc) is 2.15. The minimum absolute atomic E-state index is 0.154. The summed E-state index contributed by atoms with van der Waals surface area (Å²) in [6, 6.07) is 0.154. The molecule has 0 radical (unpaired) electrons. The zero-order valence-electron chi connectivity index (χ0n) is 10.2. The van der Waals surface area contributed by atoms with Crippen molar-refractivity contribution in [2.75, 3.05) is 6.54 Å². The van der Waals surface area contributed by atoms with E-state index in [2.05, 4.69) is 26.1 Å². The Balaban J connectivity index is 2.70. The Kier molecular flexibility index (Phi) is 3.77. The molecule has 15 heavy (non-hydrogen) atoms. The van der Waals surface area contributed by atoms with Crippen LogP contribution in [0.4, 0.5) is 0 Å². The first-order valence-corrected chi connectivity index (χ1v) is 5.82. The Morgan fingerprint density at radius 2 is 2.07 bits per heavy atom. The summed E-state index contributed by atoms with van der Waals surface area (Å²) in [5.74, 6) is -0.405. The molecule has 0 aromatic rings. The van der Waals surface area contributed by atoms with Gasteiger partial charge in [-0.05, 0) is 30.7 Å². The molecule has 1 aliphatic rings. The van der Waals surface area contributed by atoms with Crippen LogP contribution >= 0.6 is 0 Å². The normalized spacial score (nSPS) is 32.7. The largest absolute Gasteiger partial charge is 0.481 e. The summed E-state index contributed by atoms with van der Waals surface area (Å²) in [4.78, 5) is 11.2. The van der Waals surface area contributed by atoms with E-state index in [9.17, 15) is 9.90 Å². The van der Waals surface area contributed by atoms with Gasteiger partial charge in [0.25, 0.3) is 0 Å². The molecule has 0 bridgehead atoms. The highest BCUT2D eigenvalue weighted by atomic mass is 16.4. The molecule has 1 aliphatic heterocycles.